The summed E-state index contributed by atoms with van der Waals surface area (Å²) in [7, 11) is 0. The highest BCUT2D eigenvalue weighted by Gasteiger charge is 2.53. The lowest BCUT2D eigenvalue weighted by atomic mass is 9.80. The molecule has 6 atom stereocenters. The first-order valence-corrected chi connectivity index (χ1v) is 6.75. The molecule has 3 rings (SSSR count). The lowest BCUT2D eigenvalue weighted by Crippen LogP contribution is -2.29. The molecule has 0 bridgehead atoms. The summed E-state index contributed by atoms with van der Waals surface area (Å²) < 4.78 is 5.59. The number of hydrogen-bond acceptors (Lipinski definition) is 3. The molecule has 3 aliphatic rings. The molecule has 3 heteroatoms. The van der Waals surface area contributed by atoms with Crippen molar-refractivity contribution in [3.8, 4) is 0 Å². The average molecular weight is 248 g/mol. The maximum atomic E-state index is 11.8. The Bertz CT molecular complexity index is 425. The number of esters is 1. The molecule has 1 N–H and O–H groups in total. The lowest BCUT2D eigenvalue weighted by Gasteiger charge is -2.26. The zero-order valence-corrected chi connectivity index (χ0v) is 10.8. The zero-order valence-electron chi connectivity index (χ0n) is 10.8. The quantitative estimate of drug-likeness (QED) is 0.527. The summed E-state index contributed by atoms with van der Waals surface area (Å²) in [4.78, 5) is 11.8. The van der Waals surface area contributed by atoms with E-state index in [1.165, 1.54) is 5.57 Å². The molecule has 2 saturated carbocycles. The molecule has 0 aromatic heterocycles. The summed E-state index contributed by atoms with van der Waals surface area (Å²) in [6, 6.07) is 0. The number of fused-ring (bicyclic) bond motifs is 3. The number of aliphatic hydroxyl groups excluding tert-OH is 1. The van der Waals surface area contributed by atoms with Crippen LogP contribution in [0.15, 0.2) is 24.3 Å². The second kappa shape index (κ2) is 3.95. The molecule has 0 amide bonds. The second-order valence-corrected chi connectivity index (χ2v) is 6.01. The maximum absolute atomic E-state index is 11.8. The molecular weight excluding hydrogens is 228 g/mol. The summed E-state index contributed by atoms with van der Waals surface area (Å²) in [5, 5.41) is 10.0. The van der Waals surface area contributed by atoms with Crippen LogP contribution in [0.1, 0.15) is 26.2 Å². The average Bonchev–Trinajstić information content (AvgIpc) is 2.72. The van der Waals surface area contributed by atoms with Gasteiger partial charge in [-0.15, -0.1) is 0 Å². The van der Waals surface area contributed by atoms with Crippen molar-refractivity contribution in [3.63, 3.8) is 0 Å². The van der Waals surface area contributed by atoms with Gasteiger partial charge in [0, 0.05) is 11.8 Å². The van der Waals surface area contributed by atoms with E-state index in [0.717, 1.165) is 18.4 Å². The molecule has 1 heterocycles. The van der Waals surface area contributed by atoms with Crippen LogP contribution in [-0.2, 0) is 9.53 Å². The van der Waals surface area contributed by atoms with Gasteiger partial charge in [0.05, 0.1) is 12.0 Å². The highest BCUT2D eigenvalue weighted by Crippen LogP contribution is 2.52. The molecular formula is C15H20O3. The Morgan fingerprint density at radius 1 is 1.39 bits per heavy atom. The fourth-order valence-electron chi connectivity index (χ4n) is 3.96. The number of allylic oxidation sites excluding steroid dienone is 1. The van der Waals surface area contributed by atoms with Crippen LogP contribution < -0.4 is 0 Å². The first-order valence-electron chi connectivity index (χ1n) is 6.75. The largest absolute Gasteiger partial charge is 0.461 e. The van der Waals surface area contributed by atoms with E-state index in [1.807, 2.05) is 6.92 Å². The summed E-state index contributed by atoms with van der Waals surface area (Å²) in [5.41, 5.74) is 2.02. The topological polar surface area (TPSA) is 46.5 Å². The standard InChI is InChI=1S/C15H20O3/c1-7-4-5-10-8(2)15(17)18-14(10)13-9(3)12(16)6-11(7)13/h8,10-14,16H,1,3-6H2,2H3/t8-,10+,11?,12+,13+,14+/m1/s1. The highest BCUT2D eigenvalue weighted by atomic mass is 16.6. The van der Waals surface area contributed by atoms with E-state index in [-0.39, 0.29) is 35.7 Å². The van der Waals surface area contributed by atoms with Gasteiger partial charge in [-0.3, -0.25) is 4.79 Å². The Morgan fingerprint density at radius 3 is 2.83 bits per heavy atom. The van der Waals surface area contributed by atoms with Crippen LogP contribution in [0.5, 0.6) is 0 Å². The van der Waals surface area contributed by atoms with Crippen LogP contribution in [0.3, 0.4) is 0 Å². The first-order chi connectivity index (χ1) is 8.50. The van der Waals surface area contributed by atoms with E-state index in [0.29, 0.717) is 6.42 Å². The van der Waals surface area contributed by atoms with Crippen molar-refractivity contribution in [1.82, 2.24) is 0 Å². The van der Waals surface area contributed by atoms with Crippen molar-refractivity contribution in [2.45, 2.75) is 38.4 Å². The molecule has 2 aliphatic carbocycles. The Balaban J connectivity index is 1.98. The highest BCUT2D eigenvalue weighted by molar-refractivity contribution is 5.75. The van der Waals surface area contributed by atoms with E-state index in [4.69, 9.17) is 4.74 Å². The van der Waals surface area contributed by atoms with E-state index in [9.17, 15) is 9.90 Å². The van der Waals surface area contributed by atoms with Gasteiger partial charge in [-0.2, -0.15) is 0 Å². The van der Waals surface area contributed by atoms with Crippen LogP contribution in [0.4, 0.5) is 0 Å². The fraction of sp³-hybridized carbons (Fsp3) is 0.667. The third-order valence-corrected chi connectivity index (χ3v) is 5.13. The second-order valence-electron chi connectivity index (χ2n) is 6.01. The Labute approximate surface area is 108 Å². The van der Waals surface area contributed by atoms with Crippen molar-refractivity contribution < 1.29 is 14.6 Å². The molecule has 18 heavy (non-hydrogen) atoms. The molecule has 3 fully saturated rings. The Hall–Kier alpha value is -1.09. The van der Waals surface area contributed by atoms with Crippen LogP contribution in [0, 0.1) is 23.7 Å². The van der Waals surface area contributed by atoms with Gasteiger partial charge in [0.1, 0.15) is 6.10 Å². The number of carbonyl (C=O) groups is 1. The van der Waals surface area contributed by atoms with Gasteiger partial charge in [0.2, 0.25) is 0 Å². The van der Waals surface area contributed by atoms with Gasteiger partial charge < -0.3 is 9.84 Å². The van der Waals surface area contributed by atoms with Gasteiger partial charge in [0.15, 0.2) is 0 Å². The predicted octanol–water partition coefficient (Wildman–Crippen LogP) is 2.07. The monoisotopic (exact) mass is 248 g/mol. The van der Waals surface area contributed by atoms with Crippen LogP contribution in [0.2, 0.25) is 0 Å². The minimum absolute atomic E-state index is 0.0351. The van der Waals surface area contributed by atoms with Crippen molar-refractivity contribution in [1.29, 1.82) is 0 Å². The lowest BCUT2D eigenvalue weighted by molar-refractivity contribution is -0.145. The summed E-state index contributed by atoms with van der Waals surface area (Å²) in [6.07, 6.45) is 2.03. The smallest absolute Gasteiger partial charge is 0.309 e. The minimum Gasteiger partial charge on any atom is -0.461 e. The Morgan fingerprint density at radius 2 is 2.11 bits per heavy atom. The van der Waals surface area contributed by atoms with E-state index >= 15 is 0 Å². The van der Waals surface area contributed by atoms with Gasteiger partial charge in [-0.1, -0.05) is 25.7 Å². The fourth-order valence-corrected chi connectivity index (χ4v) is 3.96. The van der Waals surface area contributed by atoms with Crippen molar-refractivity contribution in [2.75, 3.05) is 0 Å². The molecule has 1 unspecified atom stereocenters. The number of ether oxygens (including phenoxy) is 1. The van der Waals surface area contributed by atoms with Gasteiger partial charge >= 0.3 is 5.97 Å². The first kappa shape index (κ1) is 12.0. The summed E-state index contributed by atoms with van der Waals surface area (Å²) in [5.74, 6) is 0.443. The predicted molar refractivity (Wildman–Crippen MR) is 67.7 cm³/mol. The van der Waals surface area contributed by atoms with Crippen LogP contribution >= 0.6 is 0 Å². The third kappa shape index (κ3) is 1.50. The van der Waals surface area contributed by atoms with E-state index < -0.39 is 6.10 Å². The van der Waals surface area contributed by atoms with Gasteiger partial charge in [-0.25, -0.2) is 0 Å². The zero-order chi connectivity index (χ0) is 13.0. The molecule has 0 aromatic carbocycles. The van der Waals surface area contributed by atoms with Crippen molar-refractivity contribution in [3.05, 3.63) is 24.3 Å². The number of rotatable bonds is 0. The molecule has 0 spiro atoms. The Kier molecular flexibility index (Phi) is 2.63. The number of aliphatic hydroxyl groups is 1. The van der Waals surface area contributed by atoms with Gasteiger partial charge in [0.25, 0.3) is 0 Å². The summed E-state index contributed by atoms with van der Waals surface area (Å²) >= 11 is 0. The van der Waals surface area contributed by atoms with Crippen molar-refractivity contribution in [2.24, 2.45) is 23.7 Å². The molecule has 0 aromatic rings. The molecule has 3 nitrogen and oxygen atoms in total. The summed E-state index contributed by atoms with van der Waals surface area (Å²) in [6.45, 7) is 10.1. The number of carbonyl (C=O) groups excluding carboxylic acids is 1. The SMILES string of the molecule is C=C1CC[C@@H]2[C@H](OC(=O)[C@@H]2C)[C@H]2C(=C)[C@@H](O)CC12. The molecule has 98 valence electrons. The molecule has 1 saturated heterocycles. The van der Waals surface area contributed by atoms with E-state index in [2.05, 4.69) is 13.2 Å². The van der Waals surface area contributed by atoms with Crippen LogP contribution in [0.25, 0.3) is 0 Å². The van der Waals surface area contributed by atoms with Gasteiger partial charge in [-0.05, 0) is 30.8 Å². The maximum Gasteiger partial charge on any atom is 0.309 e. The number of hydrogen-bond donors (Lipinski definition) is 1. The third-order valence-electron chi connectivity index (χ3n) is 5.13. The molecule has 0 radical (unpaired) electrons. The van der Waals surface area contributed by atoms with Crippen molar-refractivity contribution >= 4 is 5.97 Å². The normalized spacial score (nSPS) is 47.6. The molecule has 1 aliphatic heterocycles. The minimum atomic E-state index is -0.467. The van der Waals surface area contributed by atoms with Crippen LogP contribution in [-0.4, -0.2) is 23.3 Å². The van der Waals surface area contributed by atoms with E-state index in [1.54, 1.807) is 0 Å².